The van der Waals surface area contributed by atoms with Gasteiger partial charge < -0.3 is 0 Å². The minimum absolute atomic E-state index is 0.0300. The number of hydrogen-bond acceptors (Lipinski definition) is 4. The summed E-state index contributed by atoms with van der Waals surface area (Å²) in [5.41, 5.74) is 4.04. The first-order chi connectivity index (χ1) is 11.0. The second-order valence-corrected chi connectivity index (χ2v) is 5.28. The van der Waals surface area contributed by atoms with Gasteiger partial charge in [0.25, 0.3) is 5.96 Å². The monoisotopic (exact) mass is 349 g/mol. The third kappa shape index (κ3) is 6.06. The maximum atomic E-state index is 11.2. The molecule has 23 heavy (non-hydrogen) atoms. The second kappa shape index (κ2) is 8.26. The van der Waals surface area contributed by atoms with E-state index in [0.29, 0.717) is 21.4 Å². The number of nitrogens with zero attached hydrogens (tertiary/aromatic N) is 3. The Balaban J connectivity index is 2.12. The highest BCUT2D eigenvalue weighted by molar-refractivity contribution is 6.30. The molecule has 118 valence electrons. The van der Waals surface area contributed by atoms with E-state index in [1.807, 2.05) is 0 Å². The minimum atomic E-state index is -0.309. The Bertz CT molecular complexity index is 727. The first-order valence-electron chi connectivity index (χ1n) is 6.57. The van der Waals surface area contributed by atoms with Gasteiger partial charge in [-0.15, -0.1) is 15.3 Å². The Kier molecular flexibility index (Phi) is 6.08. The van der Waals surface area contributed by atoms with E-state index in [9.17, 15) is 4.79 Å². The highest BCUT2D eigenvalue weighted by atomic mass is 35.5. The lowest BCUT2D eigenvalue weighted by molar-refractivity contribution is -0.117. The molecule has 0 fully saturated rings. The number of carbonyl (C=O) groups excluding carboxylic acids is 1. The molecule has 0 heterocycles. The van der Waals surface area contributed by atoms with Crippen molar-refractivity contribution >= 4 is 46.4 Å². The summed E-state index contributed by atoms with van der Waals surface area (Å²) in [7, 11) is 0. The highest BCUT2D eigenvalue weighted by Gasteiger charge is 2.01. The average molecular weight is 350 g/mol. The molecule has 0 aromatic heterocycles. The number of carbonyl (C=O) groups is 1. The summed E-state index contributed by atoms with van der Waals surface area (Å²) in [4.78, 5) is 11.2. The van der Waals surface area contributed by atoms with Crippen molar-refractivity contribution in [2.75, 3.05) is 5.43 Å². The Morgan fingerprint density at radius 3 is 2.09 bits per heavy atom. The van der Waals surface area contributed by atoms with Crippen LogP contribution in [0.5, 0.6) is 0 Å². The number of anilines is 1. The van der Waals surface area contributed by atoms with Crippen molar-refractivity contribution in [1.82, 2.24) is 5.32 Å². The van der Waals surface area contributed by atoms with Crippen LogP contribution >= 0.6 is 23.2 Å². The van der Waals surface area contributed by atoms with E-state index in [1.165, 1.54) is 6.92 Å². The molecular weight excluding hydrogens is 337 g/mol. The van der Waals surface area contributed by atoms with Crippen molar-refractivity contribution in [2.45, 2.75) is 6.92 Å². The van der Waals surface area contributed by atoms with Crippen LogP contribution in [0.15, 0.2) is 63.9 Å². The largest absolute Gasteiger partial charge is 0.292 e. The predicted octanol–water partition coefficient (Wildman–Crippen LogP) is 4.60. The summed E-state index contributed by atoms with van der Waals surface area (Å²) in [6, 6.07) is 13.7. The van der Waals surface area contributed by atoms with Crippen LogP contribution in [0.4, 0.5) is 11.4 Å². The quantitative estimate of drug-likeness (QED) is 0.367. The minimum Gasteiger partial charge on any atom is -0.292 e. The lowest BCUT2D eigenvalue weighted by Crippen LogP contribution is -2.27. The van der Waals surface area contributed by atoms with Crippen LogP contribution in [0.25, 0.3) is 0 Å². The molecule has 0 spiro atoms. The zero-order chi connectivity index (χ0) is 16.7. The summed E-state index contributed by atoms with van der Waals surface area (Å²) in [5, 5.41) is 15.6. The SMILES string of the molecule is CC(=O)NC(N=Nc1ccc(Cl)cc1)=NNc1ccc(Cl)cc1. The van der Waals surface area contributed by atoms with Crippen LogP contribution < -0.4 is 10.7 Å². The van der Waals surface area contributed by atoms with Crippen molar-refractivity contribution in [3.05, 3.63) is 58.6 Å². The number of azo groups is 1. The maximum Gasteiger partial charge on any atom is 0.266 e. The fourth-order valence-corrected chi connectivity index (χ4v) is 1.74. The number of halogens is 2. The Morgan fingerprint density at radius 1 is 0.957 bits per heavy atom. The first-order valence-corrected chi connectivity index (χ1v) is 7.33. The molecule has 0 atom stereocenters. The molecule has 0 saturated heterocycles. The number of benzene rings is 2. The van der Waals surface area contributed by atoms with E-state index in [-0.39, 0.29) is 11.9 Å². The van der Waals surface area contributed by atoms with Gasteiger partial charge in [0.15, 0.2) is 0 Å². The number of hydrazone groups is 1. The summed E-state index contributed by atoms with van der Waals surface area (Å²) in [6.45, 7) is 1.36. The highest BCUT2D eigenvalue weighted by Crippen LogP contribution is 2.16. The molecule has 0 unspecified atom stereocenters. The zero-order valence-corrected chi connectivity index (χ0v) is 13.6. The van der Waals surface area contributed by atoms with Crippen molar-refractivity contribution in [1.29, 1.82) is 0 Å². The first kappa shape index (κ1) is 16.9. The van der Waals surface area contributed by atoms with Gasteiger partial charge >= 0.3 is 0 Å². The summed E-state index contributed by atoms with van der Waals surface area (Å²) in [6.07, 6.45) is 0. The van der Waals surface area contributed by atoms with Gasteiger partial charge in [0.05, 0.1) is 11.4 Å². The molecule has 0 radical (unpaired) electrons. The normalized spacial score (nSPS) is 11.5. The van der Waals surface area contributed by atoms with Gasteiger partial charge in [-0.25, -0.2) is 0 Å². The predicted molar refractivity (Wildman–Crippen MR) is 92.3 cm³/mol. The van der Waals surface area contributed by atoms with E-state index < -0.39 is 0 Å². The Labute approximate surface area is 143 Å². The van der Waals surface area contributed by atoms with Crippen molar-refractivity contribution in [3.8, 4) is 0 Å². The van der Waals surface area contributed by atoms with E-state index in [1.54, 1.807) is 48.5 Å². The topological polar surface area (TPSA) is 78.2 Å². The van der Waals surface area contributed by atoms with Crippen LogP contribution in [0.3, 0.4) is 0 Å². The lowest BCUT2D eigenvalue weighted by Gasteiger charge is -2.03. The summed E-state index contributed by atoms with van der Waals surface area (Å²) >= 11 is 11.6. The van der Waals surface area contributed by atoms with Crippen LogP contribution in [-0.4, -0.2) is 11.9 Å². The molecule has 2 aromatic carbocycles. The van der Waals surface area contributed by atoms with Gasteiger partial charge in [-0.05, 0) is 48.5 Å². The summed E-state index contributed by atoms with van der Waals surface area (Å²) in [5.74, 6) is -0.279. The molecular formula is C15H13Cl2N5O. The number of hydrogen-bond donors (Lipinski definition) is 2. The Morgan fingerprint density at radius 2 is 1.52 bits per heavy atom. The van der Waals surface area contributed by atoms with Crippen LogP contribution in [-0.2, 0) is 4.79 Å². The number of guanidine groups is 1. The molecule has 6 nitrogen and oxygen atoms in total. The standard InChI is InChI=1S/C15H13Cl2N5O/c1-10(23)18-15(21-19-13-6-2-11(16)3-7-13)22-20-14-8-4-12(17)5-9-14/h2-9,19H,1H3,(H,18,21,23). The van der Waals surface area contributed by atoms with E-state index in [4.69, 9.17) is 23.2 Å². The molecule has 2 N–H and O–H groups in total. The fraction of sp³-hybridized carbons (Fsp3) is 0.0667. The number of nitrogens with one attached hydrogen (secondary N) is 2. The third-order valence-electron chi connectivity index (χ3n) is 2.51. The molecule has 0 aliphatic rings. The molecule has 2 rings (SSSR count). The van der Waals surface area contributed by atoms with E-state index in [2.05, 4.69) is 26.1 Å². The smallest absolute Gasteiger partial charge is 0.266 e. The van der Waals surface area contributed by atoms with Gasteiger partial charge in [0, 0.05) is 17.0 Å². The molecule has 8 heteroatoms. The van der Waals surface area contributed by atoms with E-state index >= 15 is 0 Å². The third-order valence-corrected chi connectivity index (χ3v) is 3.01. The van der Waals surface area contributed by atoms with Gasteiger partial charge in [-0.3, -0.25) is 15.5 Å². The molecule has 2 aromatic rings. The van der Waals surface area contributed by atoms with Gasteiger partial charge in [-0.1, -0.05) is 23.2 Å². The average Bonchev–Trinajstić information content (AvgIpc) is 2.52. The maximum absolute atomic E-state index is 11.2. The molecule has 0 aliphatic carbocycles. The van der Waals surface area contributed by atoms with Crippen molar-refractivity contribution in [3.63, 3.8) is 0 Å². The van der Waals surface area contributed by atoms with Crippen LogP contribution in [0.1, 0.15) is 6.92 Å². The van der Waals surface area contributed by atoms with Crippen molar-refractivity contribution in [2.24, 2.45) is 15.3 Å². The lowest BCUT2D eigenvalue weighted by atomic mass is 10.3. The summed E-state index contributed by atoms with van der Waals surface area (Å²) < 4.78 is 0. The zero-order valence-electron chi connectivity index (χ0n) is 12.1. The van der Waals surface area contributed by atoms with E-state index in [0.717, 1.165) is 0 Å². The van der Waals surface area contributed by atoms with Crippen LogP contribution in [0.2, 0.25) is 10.0 Å². The van der Waals surface area contributed by atoms with Crippen LogP contribution in [0, 0.1) is 0 Å². The molecule has 0 saturated carbocycles. The van der Waals surface area contributed by atoms with Crippen molar-refractivity contribution < 1.29 is 4.79 Å². The number of rotatable bonds is 3. The van der Waals surface area contributed by atoms with Gasteiger partial charge in [-0.2, -0.15) is 0 Å². The van der Waals surface area contributed by atoms with Gasteiger partial charge in [0.2, 0.25) is 5.91 Å². The fourth-order valence-electron chi connectivity index (χ4n) is 1.49. The van der Waals surface area contributed by atoms with Gasteiger partial charge in [0.1, 0.15) is 0 Å². The molecule has 1 amide bonds. The second-order valence-electron chi connectivity index (χ2n) is 4.41. The Hall–Kier alpha value is -2.44. The molecule has 0 aliphatic heterocycles. The number of amides is 1. The molecule has 0 bridgehead atoms.